The number of ether oxygens (including phenoxy) is 1. The Morgan fingerprint density at radius 2 is 1.79 bits per heavy atom. The molecule has 3 aromatic carbocycles. The first-order chi connectivity index (χ1) is 11.8. The molecule has 0 saturated heterocycles. The number of hydrogen-bond acceptors (Lipinski definition) is 3. The molecule has 1 aromatic heterocycles. The summed E-state index contributed by atoms with van der Waals surface area (Å²) in [7, 11) is 0. The van der Waals surface area contributed by atoms with Gasteiger partial charge in [0.25, 0.3) is 0 Å². The average Bonchev–Trinajstić information content (AvgIpc) is 3.05. The lowest BCUT2D eigenvalue weighted by Crippen LogP contribution is -1.92. The molecule has 0 aliphatic rings. The lowest BCUT2D eigenvalue weighted by molar-refractivity contribution is 0.339. The molecule has 0 unspecified atom stereocenters. The predicted octanol–water partition coefficient (Wildman–Crippen LogP) is 6.02. The molecule has 0 saturated carbocycles. The Morgan fingerprint density at radius 1 is 0.958 bits per heavy atom. The number of hydrogen-bond donors (Lipinski definition) is 0. The quantitative estimate of drug-likeness (QED) is 0.456. The number of thiazole rings is 1. The zero-order valence-electron chi connectivity index (χ0n) is 13.4. The summed E-state index contributed by atoms with van der Waals surface area (Å²) in [5.74, 6) is 0.905. The first kappa shape index (κ1) is 14.9. The van der Waals surface area contributed by atoms with Crippen LogP contribution in [-0.2, 0) is 0 Å². The second-order valence-corrected chi connectivity index (χ2v) is 6.55. The molecule has 4 aromatic rings. The van der Waals surface area contributed by atoms with Crippen LogP contribution in [0.5, 0.6) is 5.75 Å². The third kappa shape index (κ3) is 2.79. The fourth-order valence-electron chi connectivity index (χ4n) is 2.82. The van der Waals surface area contributed by atoms with Crippen LogP contribution in [-0.4, -0.2) is 11.6 Å². The second-order valence-electron chi connectivity index (χ2n) is 5.49. The molecule has 0 amide bonds. The molecule has 1 heterocycles. The van der Waals surface area contributed by atoms with Gasteiger partial charge in [-0.05, 0) is 36.6 Å². The molecular formula is C21H17NOS. The van der Waals surface area contributed by atoms with Crippen LogP contribution in [0.4, 0.5) is 0 Å². The van der Waals surface area contributed by atoms with Crippen molar-refractivity contribution in [1.29, 1.82) is 0 Å². The summed E-state index contributed by atoms with van der Waals surface area (Å²) in [4.78, 5) is 4.82. The fraction of sp³-hybridized carbons (Fsp3) is 0.0952. The standard InChI is InChI=1S/C21H17NOS/c1-2-23-18-10-6-4-8-16(18)12-14-20-22-21-17-9-5-3-7-15(17)11-13-19(21)24-20/h3-14H,2H2,1H3/b14-12+. The Hall–Kier alpha value is -2.65. The third-order valence-electron chi connectivity index (χ3n) is 3.92. The fourth-order valence-corrected chi connectivity index (χ4v) is 3.70. The topological polar surface area (TPSA) is 22.1 Å². The lowest BCUT2D eigenvalue weighted by Gasteiger charge is -2.05. The predicted molar refractivity (Wildman–Crippen MR) is 104 cm³/mol. The van der Waals surface area contributed by atoms with E-state index in [9.17, 15) is 0 Å². The van der Waals surface area contributed by atoms with Crippen LogP contribution in [0.2, 0.25) is 0 Å². The highest BCUT2D eigenvalue weighted by molar-refractivity contribution is 7.19. The summed E-state index contributed by atoms with van der Waals surface area (Å²) in [5.41, 5.74) is 2.15. The summed E-state index contributed by atoms with van der Waals surface area (Å²) < 4.78 is 6.89. The van der Waals surface area contributed by atoms with E-state index in [0.717, 1.165) is 21.8 Å². The monoisotopic (exact) mass is 331 g/mol. The molecule has 0 spiro atoms. The minimum atomic E-state index is 0.665. The van der Waals surface area contributed by atoms with Gasteiger partial charge in [-0.1, -0.05) is 48.5 Å². The van der Waals surface area contributed by atoms with Crippen LogP contribution in [0, 0.1) is 0 Å². The normalized spacial score (nSPS) is 11.5. The van der Waals surface area contributed by atoms with Crippen LogP contribution in [0.25, 0.3) is 33.1 Å². The average molecular weight is 331 g/mol. The van der Waals surface area contributed by atoms with E-state index in [1.807, 2.05) is 25.1 Å². The molecule has 118 valence electrons. The number of aromatic nitrogens is 1. The summed E-state index contributed by atoms with van der Waals surface area (Å²) >= 11 is 1.71. The molecule has 0 aliphatic carbocycles. The van der Waals surface area contributed by atoms with E-state index in [-0.39, 0.29) is 0 Å². The van der Waals surface area contributed by atoms with Gasteiger partial charge in [0.05, 0.1) is 16.8 Å². The van der Waals surface area contributed by atoms with Gasteiger partial charge in [0, 0.05) is 10.9 Å². The van der Waals surface area contributed by atoms with Crippen molar-refractivity contribution in [2.75, 3.05) is 6.61 Å². The lowest BCUT2D eigenvalue weighted by atomic mass is 10.1. The molecule has 4 rings (SSSR count). The van der Waals surface area contributed by atoms with Gasteiger partial charge in [0.1, 0.15) is 10.8 Å². The van der Waals surface area contributed by atoms with E-state index >= 15 is 0 Å². The first-order valence-corrected chi connectivity index (χ1v) is 8.85. The Kier molecular flexibility index (Phi) is 4.01. The largest absolute Gasteiger partial charge is 0.493 e. The van der Waals surface area contributed by atoms with Gasteiger partial charge >= 0.3 is 0 Å². The first-order valence-electron chi connectivity index (χ1n) is 8.03. The van der Waals surface area contributed by atoms with Crippen LogP contribution < -0.4 is 4.74 Å². The van der Waals surface area contributed by atoms with Gasteiger partial charge in [-0.2, -0.15) is 0 Å². The maximum atomic E-state index is 5.67. The molecule has 2 nitrogen and oxygen atoms in total. The van der Waals surface area contributed by atoms with Crippen molar-refractivity contribution in [1.82, 2.24) is 4.98 Å². The van der Waals surface area contributed by atoms with E-state index < -0.39 is 0 Å². The highest BCUT2D eigenvalue weighted by Gasteiger charge is 2.06. The summed E-state index contributed by atoms with van der Waals surface area (Å²) in [6.45, 7) is 2.66. The summed E-state index contributed by atoms with van der Waals surface area (Å²) in [6.07, 6.45) is 4.14. The number of para-hydroxylation sites is 1. The van der Waals surface area contributed by atoms with Gasteiger partial charge in [-0.3, -0.25) is 0 Å². The van der Waals surface area contributed by atoms with Gasteiger partial charge < -0.3 is 4.74 Å². The van der Waals surface area contributed by atoms with E-state index in [1.165, 1.54) is 15.5 Å². The van der Waals surface area contributed by atoms with Gasteiger partial charge in [-0.15, -0.1) is 11.3 Å². The van der Waals surface area contributed by atoms with Crippen molar-refractivity contribution in [2.45, 2.75) is 6.92 Å². The van der Waals surface area contributed by atoms with Crippen molar-refractivity contribution in [3.05, 3.63) is 71.2 Å². The molecule has 0 fully saturated rings. The van der Waals surface area contributed by atoms with Gasteiger partial charge in [-0.25, -0.2) is 4.98 Å². The Balaban J connectivity index is 1.74. The van der Waals surface area contributed by atoms with Crippen LogP contribution in [0.1, 0.15) is 17.5 Å². The van der Waals surface area contributed by atoms with E-state index in [1.54, 1.807) is 11.3 Å². The Labute approximate surface area is 145 Å². The Morgan fingerprint density at radius 3 is 2.71 bits per heavy atom. The van der Waals surface area contributed by atoms with Crippen molar-refractivity contribution in [3.8, 4) is 5.75 Å². The molecule has 0 aliphatic heterocycles. The number of fused-ring (bicyclic) bond motifs is 3. The minimum Gasteiger partial charge on any atom is -0.493 e. The molecule has 0 bridgehead atoms. The van der Waals surface area contributed by atoms with Crippen LogP contribution in [0.15, 0.2) is 60.7 Å². The zero-order chi connectivity index (χ0) is 16.4. The van der Waals surface area contributed by atoms with Crippen molar-refractivity contribution < 1.29 is 4.74 Å². The molecule has 0 atom stereocenters. The van der Waals surface area contributed by atoms with Crippen molar-refractivity contribution in [3.63, 3.8) is 0 Å². The van der Waals surface area contributed by atoms with Crippen LogP contribution >= 0.6 is 11.3 Å². The minimum absolute atomic E-state index is 0.665. The van der Waals surface area contributed by atoms with Crippen molar-refractivity contribution in [2.24, 2.45) is 0 Å². The second kappa shape index (κ2) is 6.46. The van der Waals surface area contributed by atoms with E-state index in [4.69, 9.17) is 9.72 Å². The maximum absolute atomic E-state index is 5.67. The molecule has 24 heavy (non-hydrogen) atoms. The number of nitrogens with zero attached hydrogens (tertiary/aromatic N) is 1. The molecule has 3 heteroatoms. The zero-order valence-corrected chi connectivity index (χ0v) is 14.2. The highest BCUT2D eigenvalue weighted by atomic mass is 32.1. The maximum Gasteiger partial charge on any atom is 0.126 e. The van der Waals surface area contributed by atoms with Crippen molar-refractivity contribution >= 4 is 44.5 Å². The van der Waals surface area contributed by atoms with Crippen LogP contribution in [0.3, 0.4) is 0 Å². The van der Waals surface area contributed by atoms with Gasteiger partial charge in [0.2, 0.25) is 0 Å². The highest BCUT2D eigenvalue weighted by Crippen LogP contribution is 2.30. The molecular weight excluding hydrogens is 314 g/mol. The molecule has 0 radical (unpaired) electrons. The number of benzene rings is 3. The Bertz CT molecular complexity index is 1030. The SMILES string of the molecule is CCOc1ccccc1/C=C/c1nc2c(ccc3ccccc32)s1. The van der Waals surface area contributed by atoms with E-state index in [2.05, 4.69) is 54.6 Å². The smallest absolute Gasteiger partial charge is 0.126 e. The van der Waals surface area contributed by atoms with E-state index in [0.29, 0.717) is 6.61 Å². The van der Waals surface area contributed by atoms with Gasteiger partial charge in [0.15, 0.2) is 0 Å². The third-order valence-corrected chi connectivity index (χ3v) is 4.91. The molecule has 0 N–H and O–H groups in total. The number of rotatable bonds is 4. The summed E-state index contributed by atoms with van der Waals surface area (Å²) in [5, 5.41) is 3.45. The summed E-state index contributed by atoms with van der Waals surface area (Å²) in [6, 6.07) is 20.8.